The van der Waals surface area contributed by atoms with E-state index in [9.17, 15) is 30.8 Å². The number of carbonyl (C=O) groups excluding carboxylic acids is 1. The van der Waals surface area contributed by atoms with E-state index in [-0.39, 0.29) is 11.6 Å². The number of halogens is 7. The summed E-state index contributed by atoms with van der Waals surface area (Å²) in [5.74, 6) is -5.89. The molecule has 0 aliphatic carbocycles. The quantitative estimate of drug-likeness (QED) is 0.0612. The van der Waals surface area contributed by atoms with E-state index in [0.29, 0.717) is 41.3 Å². The van der Waals surface area contributed by atoms with Crippen molar-refractivity contribution in [2.75, 3.05) is 20.7 Å². The van der Waals surface area contributed by atoms with Crippen LogP contribution in [0.5, 0.6) is 5.75 Å². The number of rotatable bonds is 12. The Morgan fingerprint density at radius 2 is 1.56 bits per heavy atom. The molecule has 4 rings (SSSR count). The van der Waals surface area contributed by atoms with Crippen LogP contribution in [0.4, 0.5) is 26.3 Å². The smallest absolute Gasteiger partial charge is 0.495 e. The average molecular weight is 793 g/mol. The number of imidazole rings is 1. The Kier molecular flexibility index (Phi) is 11.8. The highest BCUT2D eigenvalue weighted by atomic mass is 35.5. The molecular weight excluding hydrogens is 756 g/mol. The Balaban J connectivity index is 1.73. The first kappa shape index (κ1) is 41.0. The molecule has 1 aromatic heterocycles. The second-order valence-electron chi connectivity index (χ2n) is 13.8. The molecule has 3 aromatic carbocycles. The van der Waals surface area contributed by atoms with Crippen molar-refractivity contribution in [3.8, 4) is 11.4 Å². The summed E-state index contributed by atoms with van der Waals surface area (Å²) in [4.78, 5) is 19.8. The molecule has 17 heteroatoms. The van der Waals surface area contributed by atoms with Gasteiger partial charge in [0.2, 0.25) is 0 Å². The summed E-state index contributed by atoms with van der Waals surface area (Å²) >= 11 is 7.14. The predicted octanol–water partition coefficient (Wildman–Crippen LogP) is 9.16. The molecule has 0 aliphatic heterocycles. The van der Waals surface area contributed by atoms with Crippen LogP contribution < -0.4 is 4.74 Å². The van der Waals surface area contributed by atoms with Crippen molar-refractivity contribution in [2.45, 2.75) is 68.4 Å². The molecule has 0 radical (unpaired) electrons. The van der Waals surface area contributed by atoms with Gasteiger partial charge in [0.25, 0.3) is 0 Å². The fourth-order valence-corrected chi connectivity index (χ4v) is 7.77. The fraction of sp³-hybridized carbons (Fsp3) is 0.371. The van der Waals surface area contributed by atoms with E-state index in [4.69, 9.17) is 16.3 Å². The summed E-state index contributed by atoms with van der Waals surface area (Å²) in [7, 11) is -2.97. The highest BCUT2D eigenvalue weighted by molar-refractivity contribution is 7.98. The molecule has 282 valence electrons. The first-order valence-corrected chi connectivity index (χ1v) is 18.4. The van der Waals surface area contributed by atoms with Gasteiger partial charge in [-0.25, -0.2) is 27.8 Å². The standard InChI is InChI=1S/C35H37ClF6N3O5S2/c1-33(2,3)14-15-45(6,50-31(46)35(40,41)42)52(47,48)24-17-27(38)25(28(39)18-24)20-51-32-43-19-30(44(32)23-11-9-22(37)10-12-23)34(4,5)21-8-13-26(36)29(16-21)49-7/h8-13,16-19H,14-15,20H2,1-7H3/q+1. The molecule has 52 heavy (non-hydrogen) atoms. The molecule has 0 fully saturated rings. The number of nitrogens with zero attached hydrogens (tertiary/aromatic N) is 3. The Hall–Kier alpha value is -3.73. The van der Waals surface area contributed by atoms with Crippen LogP contribution in [0.1, 0.15) is 57.9 Å². The molecule has 0 amide bonds. The van der Waals surface area contributed by atoms with Crippen molar-refractivity contribution in [1.82, 2.24) is 9.55 Å². The molecule has 0 bridgehead atoms. The van der Waals surface area contributed by atoms with Crippen molar-refractivity contribution in [1.29, 1.82) is 0 Å². The number of aromatic nitrogens is 2. The number of benzene rings is 3. The molecule has 1 heterocycles. The maximum Gasteiger partial charge on any atom is 0.497 e. The van der Waals surface area contributed by atoms with Gasteiger partial charge in [0.1, 0.15) is 41.7 Å². The molecule has 1 unspecified atom stereocenters. The molecular formula is C35H37ClF6N3O5S2+. The van der Waals surface area contributed by atoms with Crippen LogP contribution in [0, 0.1) is 22.9 Å². The van der Waals surface area contributed by atoms with Crippen LogP contribution in [0.25, 0.3) is 5.69 Å². The highest BCUT2D eigenvalue weighted by Gasteiger charge is 2.52. The molecule has 0 saturated carbocycles. The number of hydrogen-bond acceptors (Lipinski definition) is 7. The first-order valence-electron chi connectivity index (χ1n) is 15.6. The molecule has 4 aromatic rings. The maximum atomic E-state index is 15.6. The third kappa shape index (κ3) is 8.72. The number of carbonyl (C=O) groups is 1. The second kappa shape index (κ2) is 15.0. The van der Waals surface area contributed by atoms with Gasteiger partial charge in [-0.15, -0.1) is 0 Å². The van der Waals surface area contributed by atoms with Gasteiger partial charge in [-0.05, 0) is 63.6 Å². The molecule has 0 saturated heterocycles. The van der Waals surface area contributed by atoms with E-state index in [2.05, 4.69) is 9.82 Å². The van der Waals surface area contributed by atoms with Crippen molar-refractivity contribution >= 4 is 39.4 Å². The van der Waals surface area contributed by atoms with Gasteiger partial charge in [0.05, 0.1) is 24.0 Å². The van der Waals surface area contributed by atoms with E-state index >= 15 is 8.78 Å². The van der Waals surface area contributed by atoms with Gasteiger partial charge < -0.3 is 4.74 Å². The van der Waals surface area contributed by atoms with Crippen molar-refractivity contribution in [2.24, 2.45) is 5.41 Å². The van der Waals surface area contributed by atoms with Gasteiger partial charge in [0, 0.05) is 28.8 Å². The highest BCUT2D eigenvalue weighted by Crippen LogP contribution is 2.40. The van der Waals surface area contributed by atoms with E-state index < -0.39 is 77.3 Å². The third-order valence-electron chi connectivity index (χ3n) is 8.37. The lowest BCUT2D eigenvalue weighted by atomic mass is 9.81. The zero-order valence-electron chi connectivity index (χ0n) is 29.2. The normalized spacial score (nSPS) is 13.9. The van der Waals surface area contributed by atoms with Crippen LogP contribution in [0.15, 0.2) is 70.8 Å². The summed E-state index contributed by atoms with van der Waals surface area (Å²) in [5, 5.41) is 0.639. The van der Waals surface area contributed by atoms with Gasteiger partial charge in [-0.2, -0.15) is 21.6 Å². The molecule has 0 N–H and O–H groups in total. The number of quaternary nitrogens is 1. The van der Waals surface area contributed by atoms with E-state index in [1.807, 2.05) is 13.8 Å². The summed E-state index contributed by atoms with van der Waals surface area (Å²) in [6.45, 7) is 8.20. The lowest BCUT2D eigenvalue weighted by Gasteiger charge is -2.31. The van der Waals surface area contributed by atoms with Crippen LogP contribution >= 0.6 is 23.4 Å². The number of ether oxygens (including phenoxy) is 1. The number of thioether (sulfide) groups is 1. The number of hydrogen-bond donors (Lipinski definition) is 0. The number of methoxy groups -OCH3 is 1. The predicted molar refractivity (Wildman–Crippen MR) is 184 cm³/mol. The molecule has 0 spiro atoms. The lowest BCUT2D eigenvalue weighted by molar-refractivity contribution is -0.973. The largest absolute Gasteiger partial charge is 0.497 e. The van der Waals surface area contributed by atoms with Gasteiger partial charge in [0.15, 0.2) is 5.16 Å². The van der Waals surface area contributed by atoms with Crippen molar-refractivity contribution < 1.29 is 53.2 Å². The van der Waals surface area contributed by atoms with Crippen LogP contribution in [0.2, 0.25) is 5.02 Å². The number of alkyl halides is 3. The summed E-state index contributed by atoms with van der Waals surface area (Å²) in [5.41, 5.74) is -0.0954. The number of hydroxylamine groups is 2. The summed E-state index contributed by atoms with van der Waals surface area (Å²) < 4.78 is 117. The van der Waals surface area contributed by atoms with E-state index in [0.717, 1.165) is 17.3 Å². The van der Waals surface area contributed by atoms with E-state index in [1.165, 1.54) is 31.4 Å². The second-order valence-corrected chi connectivity index (χ2v) is 17.3. The minimum absolute atomic E-state index is 0.0430. The van der Waals surface area contributed by atoms with Crippen molar-refractivity contribution in [3.05, 3.63) is 100 Å². The topological polar surface area (TPSA) is 87.5 Å². The Morgan fingerprint density at radius 1 is 0.962 bits per heavy atom. The lowest BCUT2D eigenvalue weighted by Crippen LogP contribution is -2.53. The maximum absolute atomic E-state index is 15.6. The van der Waals surface area contributed by atoms with Crippen LogP contribution in [0.3, 0.4) is 0 Å². The van der Waals surface area contributed by atoms with Gasteiger partial charge in [-0.1, -0.05) is 64.0 Å². The Bertz CT molecular complexity index is 2040. The summed E-state index contributed by atoms with van der Waals surface area (Å²) in [6, 6.07) is 11.7. The zero-order valence-corrected chi connectivity index (χ0v) is 31.6. The van der Waals surface area contributed by atoms with Crippen molar-refractivity contribution in [3.63, 3.8) is 0 Å². The molecule has 0 aliphatic rings. The SMILES string of the molecule is COc1cc(C(C)(C)c2cnc(SCc3c(F)cc(S(=O)(=O)[N+](C)(CCC(C)(C)C)OC(=O)C(F)(F)F)cc3F)n2-c2ccc(F)cc2)ccc1Cl. The Labute approximate surface area is 307 Å². The first-order chi connectivity index (χ1) is 23.9. The number of sulfonamides is 1. The average Bonchev–Trinajstić information content (AvgIpc) is 3.47. The molecule has 8 nitrogen and oxygen atoms in total. The zero-order chi connectivity index (χ0) is 39.0. The van der Waals surface area contributed by atoms with E-state index in [1.54, 1.807) is 49.7 Å². The van der Waals surface area contributed by atoms with Gasteiger partial charge in [-0.3, -0.25) is 4.57 Å². The minimum atomic E-state index is -5.54. The monoisotopic (exact) mass is 792 g/mol. The Morgan fingerprint density at radius 3 is 2.10 bits per heavy atom. The van der Waals surface area contributed by atoms with Gasteiger partial charge >= 0.3 is 22.2 Å². The summed E-state index contributed by atoms with van der Waals surface area (Å²) in [6.07, 6.45) is -4.02. The fourth-order valence-electron chi connectivity index (χ4n) is 5.12. The minimum Gasteiger partial charge on any atom is -0.495 e. The molecule has 1 atom stereocenters. The van der Waals surface area contributed by atoms with Crippen LogP contribution in [-0.4, -0.2) is 54.9 Å². The third-order valence-corrected chi connectivity index (χ3v) is 11.8. The van der Waals surface area contributed by atoms with Crippen LogP contribution in [-0.2, 0) is 30.8 Å².